The van der Waals surface area contributed by atoms with Gasteiger partial charge >= 0.3 is 0 Å². The predicted molar refractivity (Wildman–Crippen MR) is 118 cm³/mol. The number of rotatable bonds is 7. The first-order valence-corrected chi connectivity index (χ1v) is 12.3. The van der Waals surface area contributed by atoms with Crippen molar-refractivity contribution < 1.29 is 13.2 Å². The summed E-state index contributed by atoms with van der Waals surface area (Å²) in [5, 5.41) is 6.91. The number of piperidine rings is 1. The normalized spacial score (nSPS) is 16.5. The third kappa shape index (κ3) is 5.45. The van der Waals surface area contributed by atoms with Crippen LogP contribution in [0, 0.1) is 13.8 Å². The highest BCUT2D eigenvalue weighted by Gasteiger charge is 2.25. The van der Waals surface area contributed by atoms with E-state index in [1.165, 1.54) is 13.3 Å². The summed E-state index contributed by atoms with van der Waals surface area (Å²) in [5.74, 6) is -0.176. The van der Waals surface area contributed by atoms with Gasteiger partial charge in [-0.1, -0.05) is 6.42 Å². The van der Waals surface area contributed by atoms with Gasteiger partial charge in [0.1, 0.15) is 0 Å². The van der Waals surface area contributed by atoms with Crippen molar-refractivity contribution in [2.75, 3.05) is 25.0 Å². The molecule has 1 aromatic heterocycles. The summed E-state index contributed by atoms with van der Waals surface area (Å²) in [7, 11) is -3.66. The van der Waals surface area contributed by atoms with Gasteiger partial charge in [0.2, 0.25) is 15.9 Å². The van der Waals surface area contributed by atoms with Crippen LogP contribution in [0.1, 0.15) is 48.9 Å². The van der Waals surface area contributed by atoms with Crippen molar-refractivity contribution in [2.24, 2.45) is 0 Å². The average Bonchev–Trinajstić information content (AvgIpc) is 3.20. The number of nitrogens with one attached hydrogen (secondary N) is 2. The van der Waals surface area contributed by atoms with E-state index in [9.17, 15) is 13.2 Å². The van der Waals surface area contributed by atoms with Crippen LogP contribution < -0.4 is 10.0 Å². The molecule has 1 aromatic carbocycles. The van der Waals surface area contributed by atoms with E-state index < -0.39 is 10.0 Å². The molecule has 1 aliphatic heterocycles. The molecule has 0 spiro atoms. The van der Waals surface area contributed by atoms with Crippen molar-refractivity contribution in [2.45, 2.75) is 51.0 Å². The molecule has 2 N–H and O–H groups in total. The number of benzene rings is 1. The van der Waals surface area contributed by atoms with Crippen molar-refractivity contribution in [1.82, 2.24) is 9.62 Å². The summed E-state index contributed by atoms with van der Waals surface area (Å²) in [6.07, 6.45) is 3.53. The smallest absolute Gasteiger partial charge is 0.240 e. The molecule has 0 aliphatic carbocycles. The van der Waals surface area contributed by atoms with Crippen LogP contribution in [0.2, 0.25) is 0 Å². The Balaban J connectivity index is 1.79. The zero-order chi connectivity index (χ0) is 21.0. The topological polar surface area (TPSA) is 78.5 Å². The van der Waals surface area contributed by atoms with Gasteiger partial charge in [-0.2, -0.15) is 11.3 Å². The lowest BCUT2D eigenvalue weighted by molar-refractivity contribution is -0.114. The minimum Gasteiger partial charge on any atom is -0.326 e. The summed E-state index contributed by atoms with van der Waals surface area (Å²) in [4.78, 5) is 14.0. The molecule has 0 radical (unpaired) electrons. The number of aryl methyl sites for hydroxylation is 2. The minimum absolute atomic E-state index is 0.0390. The highest BCUT2D eigenvalue weighted by molar-refractivity contribution is 7.89. The van der Waals surface area contributed by atoms with E-state index >= 15 is 0 Å². The maximum atomic E-state index is 13.0. The lowest BCUT2D eigenvalue weighted by Crippen LogP contribution is -2.40. The number of hydrogen-bond donors (Lipinski definition) is 2. The maximum Gasteiger partial charge on any atom is 0.240 e. The summed E-state index contributed by atoms with van der Waals surface area (Å²) in [6, 6.07) is 5.34. The summed E-state index contributed by atoms with van der Waals surface area (Å²) >= 11 is 1.63. The van der Waals surface area contributed by atoms with E-state index in [-0.39, 0.29) is 16.8 Å². The third-order valence-corrected chi connectivity index (χ3v) is 7.45. The van der Waals surface area contributed by atoms with Crippen LogP contribution in [0.15, 0.2) is 33.9 Å². The highest BCUT2D eigenvalue weighted by atomic mass is 32.2. The van der Waals surface area contributed by atoms with E-state index in [1.54, 1.807) is 37.3 Å². The molecule has 29 heavy (non-hydrogen) atoms. The van der Waals surface area contributed by atoms with E-state index in [0.717, 1.165) is 42.6 Å². The molecule has 1 atom stereocenters. The van der Waals surface area contributed by atoms with Gasteiger partial charge in [-0.3, -0.25) is 9.69 Å². The van der Waals surface area contributed by atoms with Crippen LogP contribution in [0.3, 0.4) is 0 Å². The van der Waals surface area contributed by atoms with Crippen molar-refractivity contribution >= 4 is 33.0 Å². The molecule has 3 rings (SSSR count). The molecule has 6 nitrogen and oxygen atoms in total. The Morgan fingerprint density at radius 1 is 1.17 bits per heavy atom. The lowest BCUT2D eigenvalue weighted by atomic mass is 10.0. The summed E-state index contributed by atoms with van der Waals surface area (Å²) in [5.41, 5.74) is 3.28. The molecule has 158 valence electrons. The van der Waals surface area contributed by atoms with Crippen LogP contribution in [-0.4, -0.2) is 38.9 Å². The van der Waals surface area contributed by atoms with Gasteiger partial charge in [0, 0.05) is 25.2 Å². The van der Waals surface area contributed by atoms with Crippen molar-refractivity contribution in [3.8, 4) is 0 Å². The number of anilines is 1. The first-order chi connectivity index (χ1) is 13.8. The number of thiophene rings is 1. The molecule has 1 aliphatic rings. The van der Waals surface area contributed by atoms with E-state index in [4.69, 9.17) is 0 Å². The van der Waals surface area contributed by atoms with Crippen molar-refractivity contribution in [1.29, 1.82) is 0 Å². The van der Waals surface area contributed by atoms with Gasteiger partial charge in [0.05, 0.1) is 4.90 Å². The van der Waals surface area contributed by atoms with Gasteiger partial charge in [0.15, 0.2) is 0 Å². The SMILES string of the molecule is CC(=O)Nc1c(C)cc(S(=O)(=O)NCC(c2ccsc2)N2CCCCC2)cc1C. The number of carbonyl (C=O) groups is 1. The maximum absolute atomic E-state index is 13.0. The standard InChI is InChI=1S/C21H29N3O3S2/c1-15-11-19(12-16(2)21(15)23-17(3)25)29(26,27)22-13-20(18-7-10-28-14-18)24-8-5-4-6-9-24/h7,10-12,14,20,22H,4-6,8-9,13H2,1-3H3,(H,23,25). The van der Waals surface area contributed by atoms with Crippen molar-refractivity contribution in [3.63, 3.8) is 0 Å². The molecule has 1 unspecified atom stereocenters. The van der Waals surface area contributed by atoms with Crippen molar-refractivity contribution in [3.05, 3.63) is 45.6 Å². The Kier molecular flexibility index (Phi) is 7.10. The molecule has 2 heterocycles. The van der Waals surface area contributed by atoms with Gasteiger partial charge in [-0.15, -0.1) is 0 Å². The second-order valence-corrected chi connectivity index (χ2v) is 10.2. The number of carbonyl (C=O) groups excluding carboxylic acids is 1. The average molecular weight is 436 g/mol. The Bertz CT molecular complexity index is 927. The fraction of sp³-hybridized carbons (Fsp3) is 0.476. The Morgan fingerprint density at radius 3 is 2.38 bits per heavy atom. The van der Waals surface area contributed by atoms with Crippen LogP contribution >= 0.6 is 11.3 Å². The largest absolute Gasteiger partial charge is 0.326 e. The number of amides is 1. The Morgan fingerprint density at radius 2 is 1.83 bits per heavy atom. The molecule has 1 saturated heterocycles. The second-order valence-electron chi connectivity index (χ2n) is 7.63. The molecule has 2 aromatic rings. The van der Waals surface area contributed by atoms with Gasteiger partial charge in [0.25, 0.3) is 0 Å². The minimum atomic E-state index is -3.66. The van der Waals surface area contributed by atoms with Crippen LogP contribution in [0.5, 0.6) is 0 Å². The molecule has 0 saturated carbocycles. The van der Waals surface area contributed by atoms with E-state index in [1.807, 2.05) is 5.38 Å². The quantitative estimate of drug-likeness (QED) is 0.693. The number of hydrogen-bond acceptors (Lipinski definition) is 5. The van der Waals surface area contributed by atoms with E-state index in [2.05, 4.69) is 26.4 Å². The summed E-state index contributed by atoms with van der Waals surface area (Å²) < 4.78 is 28.8. The Hall–Kier alpha value is -1.74. The molecule has 1 amide bonds. The molecular formula is C21H29N3O3S2. The fourth-order valence-corrected chi connectivity index (χ4v) is 5.79. The first-order valence-electron chi connectivity index (χ1n) is 9.92. The number of sulfonamides is 1. The fourth-order valence-electron chi connectivity index (χ4n) is 3.88. The Labute approximate surface area is 177 Å². The first kappa shape index (κ1) is 22.0. The zero-order valence-electron chi connectivity index (χ0n) is 17.2. The van der Waals surface area contributed by atoms with E-state index in [0.29, 0.717) is 12.2 Å². The second kappa shape index (κ2) is 9.38. The number of likely N-dealkylation sites (tertiary alicyclic amines) is 1. The van der Waals surface area contributed by atoms with Gasteiger partial charge in [-0.05, 0) is 85.4 Å². The zero-order valence-corrected chi connectivity index (χ0v) is 18.8. The lowest BCUT2D eigenvalue weighted by Gasteiger charge is -2.34. The molecule has 0 bridgehead atoms. The van der Waals surface area contributed by atoms with Crippen LogP contribution in [-0.2, 0) is 14.8 Å². The monoisotopic (exact) mass is 435 g/mol. The number of nitrogens with zero attached hydrogens (tertiary/aromatic N) is 1. The molecular weight excluding hydrogens is 406 g/mol. The highest BCUT2D eigenvalue weighted by Crippen LogP contribution is 2.28. The van der Waals surface area contributed by atoms with Gasteiger partial charge in [-0.25, -0.2) is 13.1 Å². The van der Waals surface area contributed by atoms with Gasteiger partial charge < -0.3 is 5.32 Å². The summed E-state index contributed by atoms with van der Waals surface area (Å²) in [6.45, 7) is 7.37. The molecule has 8 heteroatoms. The predicted octanol–water partition coefficient (Wildman–Crippen LogP) is 3.83. The van der Waals surface area contributed by atoms with Crippen LogP contribution in [0.25, 0.3) is 0 Å². The van der Waals surface area contributed by atoms with Crippen LogP contribution in [0.4, 0.5) is 5.69 Å². The molecule has 1 fully saturated rings. The third-order valence-electron chi connectivity index (χ3n) is 5.34.